The third-order valence-electron chi connectivity index (χ3n) is 2.99. The van der Waals surface area contributed by atoms with E-state index < -0.39 is 5.91 Å². The number of carbonyl (C=O) groups is 2. The molecule has 0 aromatic heterocycles. The van der Waals surface area contributed by atoms with Crippen LogP contribution in [-0.2, 0) is 9.59 Å². The van der Waals surface area contributed by atoms with E-state index in [1.165, 1.54) is 13.1 Å². The second-order valence-electron chi connectivity index (χ2n) is 4.89. The van der Waals surface area contributed by atoms with Crippen LogP contribution in [0, 0.1) is 11.3 Å². The molecule has 2 rings (SSSR count). The van der Waals surface area contributed by atoms with Crippen molar-refractivity contribution < 1.29 is 9.59 Å². The summed E-state index contributed by atoms with van der Waals surface area (Å²) in [6, 6.07) is 17.6. The van der Waals surface area contributed by atoms with E-state index in [1.807, 2.05) is 12.1 Å². The van der Waals surface area contributed by atoms with Crippen molar-refractivity contribution in [2.24, 2.45) is 0 Å². The molecule has 0 spiro atoms. The zero-order valence-electron chi connectivity index (χ0n) is 13.0. The Morgan fingerprint density at radius 3 is 2.08 bits per heavy atom. The summed E-state index contributed by atoms with van der Waals surface area (Å²) >= 11 is 0. The first-order chi connectivity index (χ1) is 11.6. The van der Waals surface area contributed by atoms with E-state index in [4.69, 9.17) is 5.26 Å². The van der Waals surface area contributed by atoms with E-state index in [2.05, 4.69) is 16.0 Å². The Balaban J connectivity index is 2.01. The highest BCUT2D eigenvalue weighted by atomic mass is 16.2. The molecule has 6 heteroatoms. The summed E-state index contributed by atoms with van der Waals surface area (Å²) in [6.07, 6.45) is 1.34. The largest absolute Gasteiger partial charge is 0.360 e. The molecule has 0 aliphatic rings. The lowest BCUT2D eigenvalue weighted by atomic mass is 10.2. The maximum atomic E-state index is 12.1. The van der Waals surface area contributed by atoms with E-state index in [0.717, 1.165) is 0 Å². The summed E-state index contributed by atoms with van der Waals surface area (Å²) < 4.78 is 0. The smallest absolute Gasteiger partial charge is 0.267 e. The Hall–Kier alpha value is -3.59. The van der Waals surface area contributed by atoms with Gasteiger partial charge in [0.2, 0.25) is 5.91 Å². The lowest BCUT2D eigenvalue weighted by Gasteiger charge is -2.06. The number of benzene rings is 2. The predicted octanol–water partition coefficient (Wildman–Crippen LogP) is 3.10. The third-order valence-corrected chi connectivity index (χ3v) is 2.99. The van der Waals surface area contributed by atoms with Crippen LogP contribution in [0.5, 0.6) is 0 Å². The minimum Gasteiger partial charge on any atom is -0.360 e. The molecule has 0 atom stereocenters. The summed E-state index contributed by atoms with van der Waals surface area (Å²) in [6.45, 7) is 1.43. The van der Waals surface area contributed by atoms with Gasteiger partial charge in [0.05, 0.1) is 0 Å². The zero-order valence-corrected chi connectivity index (χ0v) is 13.0. The Labute approximate surface area is 139 Å². The van der Waals surface area contributed by atoms with Gasteiger partial charge in [-0.15, -0.1) is 0 Å². The van der Waals surface area contributed by atoms with E-state index in [-0.39, 0.29) is 11.5 Å². The molecule has 0 saturated carbocycles. The first kappa shape index (κ1) is 16.8. The predicted molar refractivity (Wildman–Crippen MR) is 93.1 cm³/mol. The van der Waals surface area contributed by atoms with E-state index in [0.29, 0.717) is 17.1 Å². The fraction of sp³-hybridized carbons (Fsp3) is 0.0556. The lowest BCUT2D eigenvalue weighted by Crippen LogP contribution is -2.14. The van der Waals surface area contributed by atoms with Crippen LogP contribution in [0.1, 0.15) is 6.92 Å². The number of hydrogen-bond acceptors (Lipinski definition) is 4. The number of nitriles is 1. The fourth-order valence-electron chi connectivity index (χ4n) is 1.88. The van der Waals surface area contributed by atoms with Crippen LogP contribution in [-0.4, -0.2) is 11.8 Å². The Morgan fingerprint density at radius 2 is 1.50 bits per heavy atom. The third kappa shape index (κ3) is 5.00. The molecule has 2 aromatic carbocycles. The summed E-state index contributed by atoms with van der Waals surface area (Å²) in [4.78, 5) is 23.0. The van der Waals surface area contributed by atoms with Gasteiger partial charge in [0.15, 0.2) is 0 Å². The summed E-state index contributed by atoms with van der Waals surface area (Å²) in [5.41, 5.74) is 1.91. The van der Waals surface area contributed by atoms with Crippen LogP contribution < -0.4 is 16.0 Å². The number of nitrogens with one attached hydrogen (secondary N) is 3. The molecule has 0 radical (unpaired) electrons. The number of para-hydroxylation sites is 1. The van der Waals surface area contributed by atoms with Crippen LogP contribution in [0.25, 0.3) is 0 Å². The van der Waals surface area contributed by atoms with Gasteiger partial charge in [-0.3, -0.25) is 9.59 Å². The quantitative estimate of drug-likeness (QED) is 0.583. The minimum absolute atomic E-state index is 0.0511. The maximum absolute atomic E-state index is 12.1. The van der Waals surface area contributed by atoms with Gasteiger partial charge in [-0.25, -0.2) is 0 Å². The van der Waals surface area contributed by atoms with Gasteiger partial charge < -0.3 is 16.0 Å². The van der Waals surface area contributed by atoms with Gasteiger partial charge in [-0.05, 0) is 36.4 Å². The minimum atomic E-state index is -0.494. The molecule has 0 saturated heterocycles. The van der Waals surface area contributed by atoms with Crippen molar-refractivity contribution in [3.63, 3.8) is 0 Å². The lowest BCUT2D eigenvalue weighted by molar-refractivity contribution is -0.114. The van der Waals surface area contributed by atoms with Crippen molar-refractivity contribution >= 4 is 28.9 Å². The molecule has 120 valence electrons. The number of hydrogen-bond donors (Lipinski definition) is 3. The normalized spacial score (nSPS) is 10.4. The van der Waals surface area contributed by atoms with Crippen LogP contribution in [0.4, 0.5) is 17.1 Å². The van der Waals surface area contributed by atoms with E-state index >= 15 is 0 Å². The number of carbonyl (C=O) groups excluding carboxylic acids is 2. The molecule has 24 heavy (non-hydrogen) atoms. The topological polar surface area (TPSA) is 94.0 Å². The molecule has 0 heterocycles. The average molecular weight is 320 g/mol. The Kier molecular flexibility index (Phi) is 5.70. The molecule has 6 nitrogen and oxygen atoms in total. The van der Waals surface area contributed by atoms with Crippen molar-refractivity contribution in [1.82, 2.24) is 0 Å². The monoisotopic (exact) mass is 320 g/mol. The molecule has 0 bridgehead atoms. The van der Waals surface area contributed by atoms with E-state index in [1.54, 1.807) is 48.5 Å². The molecule has 0 fully saturated rings. The SMILES string of the molecule is CC(=O)Nc1ccc(N/C=C(\C#N)C(=O)Nc2ccccc2)cc1. The van der Waals surface area contributed by atoms with Crippen LogP contribution in [0.2, 0.25) is 0 Å². The van der Waals surface area contributed by atoms with Crippen molar-refractivity contribution in [3.05, 3.63) is 66.4 Å². The molecular formula is C18H16N4O2. The van der Waals surface area contributed by atoms with Gasteiger partial charge in [-0.1, -0.05) is 18.2 Å². The highest BCUT2D eigenvalue weighted by Gasteiger charge is 2.08. The van der Waals surface area contributed by atoms with Crippen LogP contribution in [0.3, 0.4) is 0 Å². The van der Waals surface area contributed by atoms with E-state index in [9.17, 15) is 9.59 Å². The molecule has 0 unspecified atom stereocenters. The number of amides is 2. The summed E-state index contributed by atoms with van der Waals surface area (Å²) in [5.74, 6) is -0.647. The standard InChI is InChI=1S/C18H16N4O2/c1-13(23)21-17-9-7-15(8-10-17)20-12-14(11-19)18(24)22-16-5-3-2-4-6-16/h2-10,12,20H,1H3,(H,21,23)(H,22,24)/b14-12+. The zero-order chi connectivity index (χ0) is 17.4. The highest BCUT2D eigenvalue weighted by Crippen LogP contribution is 2.14. The van der Waals surface area contributed by atoms with Gasteiger partial charge in [0.25, 0.3) is 5.91 Å². The van der Waals surface area contributed by atoms with Crippen molar-refractivity contribution in [3.8, 4) is 6.07 Å². The van der Waals surface area contributed by atoms with Gasteiger partial charge in [0, 0.05) is 30.2 Å². The van der Waals surface area contributed by atoms with Gasteiger partial charge >= 0.3 is 0 Å². The van der Waals surface area contributed by atoms with Gasteiger partial charge in [-0.2, -0.15) is 5.26 Å². The molecule has 0 aliphatic carbocycles. The van der Waals surface area contributed by atoms with Crippen LogP contribution in [0.15, 0.2) is 66.4 Å². The first-order valence-corrected chi connectivity index (χ1v) is 7.19. The average Bonchev–Trinajstić information content (AvgIpc) is 2.57. The van der Waals surface area contributed by atoms with Crippen molar-refractivity contribution in [2.45, 2.75) is 6.92 Å². The van der Waals surface area contributed by atoms with Crippen molar-refractivity contribution in [1.29, 1.82) is 5.26 Å². The number of anilines is 3. The first-order valence-electron chi connectivity index (χ1n) is 7.19. The second kappa shape index (κ2) is 8.15. The van der Waals surface area contributed by atoms with Gasteiger partial charge in [0.1, 0.15) is 11.6 Å². The Bertz CT molecular complexity index is 790. The molecule has 2 amide bonds. The number of nitrogens with zero attached hydrogens (tertiary/aromatic N) is 1. The Morgan fingerprint density at radius 1 is 0.917 bits per heavy atom. The molecular weight excluding hydrogens is 304 g/mol. The summed E-state index contributed by atoms with van der Waals surface area (Å²) in [7, 11) is 0. The maximum Gasteiger partial charge on any atom is 0.267 e. The molecule has 3 N–H and O–H groups in total. The fourth-order valence-corrected chi connectivity index (χ4v) is 1.88. The number of rotatable bonds is 5. The molecule has 2 aromatic rings. The second-order valence-corrected chi connectivity index (χ2v) is 4.89. The van der Waals surface area contributed by atoms with Crippen molar-refractivity contribution in [2.75, 3.05) is 16.0 Å². The summed E-state index contributed by atoms with van der Waals surface area (Å²) in [5, 5.41) is 17.3. The molecule has 0 aliphatic heterocycles. The highest BCUT2D eigenvalue weighted by molar-refractivity contribution is 6.06. The van der Waals surface area contributed by atoms with Crippen LogP contribution >= 0.6 is 0 Å².